The third-order valence-electron chi connectivity index (χ3n) is 6.48. The second-order valence-electron chi connectivity index (χ2n) is 8.33. The maximum absolute atomic E-state index is 5.99. The number of furan rings is 1. The quantitative estimate of drug-likeness (QED) is 0.380. The van der Waals surface area contributed by atoms with Gasteiger partial charge >= 0.3 is 0 Å². The lowest BCUT2D eigenvalue weighted by atomic mass is 9.68. The molecule has 1 atom stereocenters. The first kappa shape index (κ1) is 21.9. The van der Waals surface area contributed by atoms with Crippen molar-refractivity contribution in [1.82, 2.24) is 15.1 Å². The number of nitrogens with zero attached hydrogens (tertiary/aromatic N) is 3. The fraction of sp³-hybridized carbons (Fsp3) is 0.762. The molecule has 0 radical (unpaired) electrons. The van der Waals surface area contributed by atoms with Crippen LogP contribution in [0.4, 0.5) is 0 Å². The second-order valence-corrected chi connectivity index (χ2v) is 8.33. The van der Waals surface area contributed by atoms with Gasteiger partial charge in [0.05, 0.1) is 25.8 Å². The third-order valence-corrected chi connectivity index (χ3v) is 6.48. The Bertz CT molecular complexity index is 653. The number of rotatable bonds is 5. The molecule has 3 fully saturated rings. The molecule has 1 unspecified atom stereocenters. The van der Waals surface area contributed by atoms with E-state index in [1.165, 1.54) is 32.2 Å². The molecular formula is C21H35IN4O2. The Balaban J connectivity index is 0.00000225. The van der Waals surface area contributed by atoms with Crippen LogP contribution < -0.4 is 5.32 Å². The molecule has 0 aromatic carbocycles. The van der Waals surface area contributed by atoms with Crippen LogP contribution >= 0.6 is 24.0 Å². The molecule has 2 aliphatic heterocycles. The zero-order chi connectivity index (χ0) is 18.7. The van der Waals surface area contributed by atoms with Crippen LogP contribution in [0.1, 0.15) is 50.2 Å². The molecule has 7 heteroatoms. The fourth-order valence-corrected chi connectivity index (χ4v) is 4.71. The van der Waals surface area contributed by atoms with E-state index in [2.05, 4.69) is 34.2 Å². The van der Waals surface area contributed by atoms with Gasteiger partial charge in [-0.2, -0.15) is 0 Å². The fourth-order valence-electron chi connectivity index (χ4n) is 4.71. The highest BCUT2D eigenvalue weighted by molar-refractivity contribution is 14.0. The molecule has 0 bridgehead atoms. The number of nitrogens with one attached hydrogen (secondary N) is 1. The van der Waals surface area contributed by atoms with Crippen LogP contribution in [-0.2, 0) is 4.74 Å². The Morgan fingerprint density at radius 2 is 2.00 bits per heavy atom. The van der Waals surface area contributed by atoms with Crippen molar-refractivity contribution in [2.45, 2.75) is 45.6 Å². The van der Waals surface area contributed by atoms with E-state index in [-0.39, 0.29) is 30.0 Å². The van der Waals surface area contributed by atoms with E-state index in [0.717, 1.165) is 63.4 Å². The smallest absolute Gasteiger partial charge is 0.194 e. The number of hydrogen-bond acceptors (Lipinski definition) is 4. The minimum Gasteiger partial charge on any atom is -0.465 e. The van der Waals surface area contributed by atoms with E-state index < -0.39 is 0 Å². The summed E-state index contributed by atoms with van der Waals surface area (Å²) in [5, 5.41) is 3.53. The van der Waals surface area contributed by atoms with Gasteiger partial charge in [-0.3, -0.25) is 9.89 Å². The van der Waals surface area contributed by atoms with E-state index in [1.807, 2.05) is 6.92 Å². The molecule has 158 valence electrons. The number of morpholine rings is 1. The normalized spacial score (nSPS) is 23.4. The summed E-state index contributed by atoms with van der Waals surface area (Å²) in [4.78, 5) is 10.00. The van der Waals surface area contributed by atoms with Gasteiger partial charge in [0, 0.05) is 32.7 Å². The first-order chi connectivity index (χ1) is 13.2. The van der Waals surface area contributed by atoms with Crippen molar-refractivity contribution in [3.63, 3.8) is 0 Å². The lowest BCUT2D eigenvalue weighted by Crippen LogP contribution is -2.44. The Hall–Kier alpha value is -0.800. The molecule has 4 rings (SSSR count). The van der Waals surface area contributed by atoms with Gasteiger partial charge in [0.15, 0.2) is 5.96 Å². The van der Waals surface area contributed by atoms with Crippen LogP contribution in [0.3, 0.4) is 0 Å². The molecule has 0 amide bonds. The van der Waals surface area contributed by atoms with E-state index in [1.54, 1.807) is 0 Å². The molecular weight excluding hydrogens is 467 g/mol. The molecule has 1 aromatic heterocycles. The van der Waals surface area contributed by atoms with Gasteiger partial charge in [-0.05, 0) is 50.7 Å². The molecule has 2 saturated heterocycles. The van der Waals surface area contributed by atoms with Gasteiger partial charge in [0.1, 0.15) is 11.5 Å². The molecule has 28 heavy (non-hydrogen) atoms. The molecule has 1 aliphatic carbocycles. The number of ether oxygens (including phenoxy) is 1. The number of likely N-dealkylation sites (tertiary alicyclic amines) is 1. The Labute approximate surface area is 186 Å². The number of hydrogen-bond donors (Lipinski definition) is 1. The SMILES string of the molecule is CCNC(=NCC(c1ccc(C)o1)N1CCOCC1)N1CCC2(CCC2)C1.I. The summed E-state index contributed by atoms with van der Waals surface area (Å²) in [7, 11) is 0. The number of guanidine groups is 1. The molecule has 1 spiro atoms. The lowest BCUT2D eigenvalue weighted by Gasteiger charge is -2.38. The first-order valence-electron chi connectivity index (χ1n) is 10.6. The molecule has 3 heterocycles. The summed E-state index contributed by atoms with van der Waals surface area (Å²) in [6.45, 7) is 11.5. The van der Waals surface area contributed by atoms with Crippen molar-refractivity contribution in [2.75, 3.05) is 52.5 Å². The van der Waals surface area contributed by atoms with Crippen LogP contribution in [0, 0.1) is 12.3 Å². The molecule has 6 nitrogen and oxygen atoms in total. The summed E-state index contributed by atoms with van der Waals surface area (Å²) >= 11 is 0. The van der Waals surface area contributed by atoms with Crippen LogP contribution in [-0.4, -0.2) is 68.2 Å². The monoisotopic (exact) mass is 502 g/mol. The van der Waals surface area contributed by atoms with E-state index in [4.69, 9.17) is 14.1 Å². The van der Waals surface area contributed by atoms with E-state index >= 15 is 0 Å². The average molecular weight is 502 g/mol. The van der Waals surface area contributed by atoms with Crippen molar-refractivity contribution < 1.29 is 9.15 Å². The number of halogens is 1. The summed E-state index contributed by atoms with van der Waals surface area (Å²) in [5.74, 6) is 3.05. The Morgan fingerprint density at radius 3 is 2.57 bits per heavy atom. The Kier molecular flexibility index (Phi) is 7.67. The maximum atomic E-state index is 5.99. The van der Waals surface area contributed by atoms with Crippen molar-refractivity contribution in [1.29, 1.82) is 0 Å². The molecule has 1 aromatic rings. The van der Waals surface area contributed by atoms with Gasteiger partial charge in [-0.15, -0.1) is 24.0 Å². The zero-order valence-corrected chi connectivity index (χ0v) is 19.6. The van der Waals surface area contributed by atoms with Gasteiger partial charge in [-0.25, -0.2) is 0 Å². The standard InChI is InChI=1S/C21H34N4O2.HI/c1-3-22-20(25-10-9-21(16-25)7-4-8-21)23-15-18(19-6-5-17(2)27-19)24-11-13-26-14-12-24;/h5-6,18H,3-4,7-16H2,1-2H3,(H,22,23);1H. The minimum atomic E-state index is 0. The highest BCUT2D eigenvalue weighted by Crippen LogP contribution is 2.47. The molecule has 1 saturated carbocycles. The molecule has 1 N–H and O–H groups in total. The van der Waals surface area contributed by atoms with Gasteiger partial charge in [0.25, 0.3) is 0 Å². The first-order valence-corrected chi connectivity index (χ1v) is 10.6. The highest BCUT2D eigenvalue weighted by atomic mass is 127. The molecule has 3 aliphatic rings. The van der Waals surface area contributed by atoms with Crippen LogP contribution in [0.15, 0.2) is 21.5 Å². The van der Waals surface area contributed by atoms with Gasteiger partial charge in [-0.1, -0.05) is 6.42 Å². The summed E-state index contributed by atoms with van der Waals surface area (Å²) in [5.41, 5.74) is 0.581. The summed E-state index contributed by atoms with van der Waals surface area (Å²) in [6, 6.07) is 4.34. The van der Waals surface area contributed by atoms with Gasteiger partial charge in [0.2, 0.25) is 0 Å². The Morgan fingerprint density at radius 1 is 1.21 bits per heavy atom. The summed E-state index contributed by atoms with van der Waals surface area (Å²) < 4.78 is 11.5. The van der Waals surface area contributed by atoms with E-state index in [0.29, 0.717) is 5.41 Å². The zero-order valence-electron chi connectivity index (χ0n) is 17.3. The second kappa shape index (κ2) is 9.80. The van der Waals surface area contributed by atoms with Crippen molar-refractivity contribution in [2.24, 2.45) is 10.4 Å². The average Bonchev–Trinajstić information content (AvgIpc) is 3.29. The van der Waals surface area contributed by atoms with Crippen molar-refractivity contribution in [3.05, 3.63) is 23.7 Å². The maximum Gasteiger partial charge on any atom is 0.194 e. The van der Waals surface area contributed by atoms with Crippen LogP contribution in [0.5, 0.6) is 0 Å². The van der Waals surface area contributed by atoms with E-state index in [9.17, 15) is 0 Å². The number of aliphatic imine (C=N–C) groups is 1. The predicted molar refractivity (Wildman–Crippen MR) is 122 cm³/mol. The lowest BCUT2D eigenvalue weighted by molar-refractivity contribution is 0.0135. The topological polar surface area (TPSA) is 53.2 Å². The predicted octanol–water partition coefficient (Wildman–Crippen LogP) is 3.42. The third kappa shape index (κ3) is 4.84. The largest absolute Gasteiger partial charge is 0.465 e. The van der Waals surface area contributed by atoms with Crippen molar-refractivity contribution in [3.8, 4) is 0 Å². The van der Waals surface area contributed by atoms with Crippen LogP contribution in [0.25, 0.3) is 0 Å². The minimum absolute atomic E-state index is 0. The highest BCUT2D eigenvalue weighted by Gasteiger charge is 2.43. The van der Waals surface area contributed by atoms with Gasteiger partial charge < -0.3 is 19.4 Å². The van der Waals surface area contributed by atoms with Crippen LogP contribution in [0.2, 0.25) is 0 Å². The van der Waals surface area contributed by atoms with Crippen molar-refractivity contribution >= 4 is 29.9 Å². The number of aryl methyl sites for hydroxylation is 1. The summed E-state index contributed by atoms with van der Waals surface area (Å²) in [6.07, 6.45) is 5.51.